The molecule has 2 aromatic rings. The van der Waals surface area contributed by atoms with Gasteiger partial charge in [0.2, 0.25) is 5.91 Å². The smallest absolute Gasteiger partial charge is 0.258 e. The maximum absolute atomic E-state index is 12.4. The summed E-state index contributed by atoms with van der Waals surface area (Å²) < 4.78 is 0. The average Bonchev–Trinajstić information content (AvgIpc) is 2.85. The molecule has 4 heteroatoms. The Hall–Kier alpha value is -2.88. The monoisotopic (exact) mass is 320 g/mol. The summed E-state index contributed by atoms with van der Waals surface area (Å²) in [6, 6.07) is 15.2. The van der Waals surface area contributed by atoms with Gasteiger partial charge in [-0.3, -0.25) is 9.59 Å². The molecule has 1 N–H and O–H groups in total. The minimum atomic E-state index is -0.115. The van der Waals surface area contributed by atoms with E-state index in [-0.39, 0.29) is 18.2 Å². The zero-order valence-corrected chi connectivity index (χ0v) is 13.7. The third-order valence-electron chi connectivity index (χ3n) is 4.25. The van der Waals surface area contributed by atoms with E-state index >= 15 is 0 Å². The first-order valence-electron chi connectivity index (χ1n) is 8.09. The third-order valence-corrected chi connectivity index (χ3v) is 4.25. The van der Waals surface area contributed by atoms with Gasteiger partial charge in [-0.15, -0.1) is 0 Å². The van der Waals surface area contributed by atoms with E-state index in [1.165, 1.54) is 5.56 Å². The zero-order valence-electron chi connectivity index (χ0n) is 13.7. The van der Waals surface area contributed by atoms with E-state index in [0.717, 1.165) is 17.7 Å². The number of benzene rings is 2. The van der Waals surface area contributed by atoms with Crippen LogP contribution in [0.2, 0.25) is 0 Å². The van der Waals surface area contributed by atoms with Gasteiger partial charge in [0, 0.05) is 35.5 Å². The molecule has 2 amide bonds. The lowest BCUT2D eigenvalue weighted by molar-refractivity contribution is -0.116. The number of carbonyl (C=O) groups excluding carboxylic acids is 2. The van der Waals surface area contributed by atoms with Crippen LogP contribution in [0.1, 0.15) is 34.8 Å². The van der Waals surface area contributed by atoms with Gasteiger partial charge in [0.25, 0.3) is 5.91 Å². The molecule has 1 aliphatic rings. The van der Waals surface area contributed by atoms with E-state index in [9.17, 15) is 9.59 Å². The Morgan fingerprint density at radius 3 is 2.38 bits per heavy atom. The Labute approximate surface area is 141 Å². The van der Waals surface area contributed by atoms with Crippen molar-refractivity contribution in [3.8, 4) is 0 Å². The molecule has 1 heterocycles. The summed E-state index contributed by atoms with van der Waals surface area (Å²) in [5, 5.41) is 2.86. The summed E-state index contributed by atoms with van der Waals surface area (Å²) in [6.07, 6.45) is 1.20. The molecule has 0 spiro atoms. The van der Waals surface area contributed by atoms with Crippen LogP contribution >= 0.6 is 0 Å². The second-order valence-corrected chi connectivity index (χ2v) is 5.80. The van der Waals surface area contributed by atoms with E-state index < -0.39 is 0 Å². The molecular formula is C20H20N2O2. The van der Waals surface area contributed by atoms with Crippen molar-refractivity contribution in [2.45, 2.75) is 19.8 Å². The van der Waals surface area contributed by atoms with Crippen LogP contribution < -0.4 is 5.32 Å². The Balaban J connectivity index is 1.59. The van der Waals surface area contributed by atoms with Gasteiger partial charge in [-0.05, 0) is 30.2 Å². The minimum absolute atomic E-state index is 0.0873. The molecule has 0 unspecified atom stereocenters. The number of amides is 2. The first-order valence-corrected chi connectivity index (χ1v) is 8.09. The molecule has 0 saturated carbocycles. The highest BCUT2D eigenvalue weighted by molar-refractivity contribution is 6.09. The molecule has 2 aromatic carbocycles. The fraction of sp³-hybridized carbons (Fsp3) is 0.200. The molecule has 0 saturated heterocycles. The van der Waals surface area contributed by atoms with Crippen LogP contribution in [-0.2, 0) is 11.2 Å². The predicted molar refractivity (Wildman–Crippen MR) is 95.6 cm³/mol. The number of aryl methyl sites for hydroxylation is 1. The minimum Gasteiger partial charge on any atom is -0.326 e. The summed E-state index contributed by atoms with van der Waals surface area (Å²) in [5.41, 5.74) is 4.16. The number of carbonyl (C=O) groups is 2. The molecule has 0 aliphatic carbocycles. The molecule has 3 rings (SSSR count). The lowest BCUT2D eigenvalue weighted by atomic mass is 10.1. The van der Waals surface area contributed by atoms with Crippen molar-refractivity contribution < 1.29 is 9.59 Å². The van der Waals surface area contributed by atoms with Crippen LogP contribution in [0.3, 0.4) is 0 Å². The van der Waals surface area contributed by atoms with E-state index in [1.54, 1.807) is 11.0 Å². The SMILES string of the molecule is C=C1c2ccccc2C(=O)N1CCC(=O)Nc1ccc(CC)cc1. The standard InChI is InChI=1S/C20H20N2O2/c1-3-15-8-10-16(11-9-15)21-19(23)12-13-22-14(2)17-6-4-5-7-18(17)20(22)24/h4-11H,2-3,12-13H2,1H3,(H,21,23). The quantitative estimate of drug-likeness (QED) is 0.913. The van der Waals surface area contributed by atoms with E-state index in [4.69, 9.17) is 0 Å². The highest BCUT2D eigenvalue weighted by Gasteiger charge is 2.30. The second-order valence-electron chi connectivity index (χ2n) is 5.80. The summed E-state index contributed by atoms with van der Waals surface area (Å²) in [7, 11) is 0. The van der Waals surface area contributed by atoms with Crippen LogP contribution in [0.4, 0.5) is 5.69 Å². The molecule has 0 radical (unpaired) electrons. The fourth-order valence-corrected chi connectivity index (χ4v) is 2.83. The molecule has 24 heavy (non-hydrogen) atoms. The topological polar surface area (TPSA) is 49.4 Å². The normalized spacial score (nSPS) is 13.1. The van der Waals surface area contributed by atoms with Gasteiger partial charge in [-0.25, -0.2) is 0 Å². The van der Waals surface area contributed by atoms with Crippen molar-refractivity contribution in [3.05, 3.63) is 71.8 Å². The highest BCUT2D eigenvalue weighted by atomic mass is 16.2. The summed E-state index contributed by atoms with van der Waals surface area (Å²) in [6.45, 7) is 6.40. The van der Waals surface area contributed by atoms with Gasteiger partial charge in [-0.2, -0.15) is 0 Å². The van der Waals surface area contributed by atoms with E-state index in [1.807, 2.05) is 42.5 Å². The van der Waals surface area contributed by atoms with Crippen LogP contribution in [0.5, 0.6) is 0 Å². The predicted octanol–water partition coefficient (Wildman–Crippen LogP) is 3.70. The number of fused-ring (bicyclic) bond motifs is 1. The Bertz CT molecular complexity index is 759. The Morgan fingerprint density at radius 2 is 1.75 bits per heavy atom. The third kappa shape index (κ3) is 3.08. The number of rotatable bonds is 5. The molecule has 0 atom stereocenters. The fourth-order valence-electron chi connectivity index (χ4n) is 2.83. The molecular weight excluding hydrogens is 300 g/mol. The van der Waals surface area contributed by atoms with Gasteiger partial charge in [0.05, 0.1) is 0 Å². The zero-order chi connectivity index (χ0) is 17.1. The second kappa shape index (κ2) is 6.71. The Kier molecular flexibility index (Phi) is 4.47. The van der Waals surface area contributed by atoms with Crippen molar-refractivity contribution in [2.24, 2.45) is 0 Å². The lowest BCUT2D eigenvalue weighted by Gasteiger charge is -2.17. The Morgan fingerprint density at radius 1 is 1.08 bits per heavy atom. The van der Waals surface area contributed by atoms with Gasteiger partial charge < -0.3 is 10.2 Å². The summed E-state index contributed by atoms with van der Waals surface area (Å²) in [4.78, 5) is 26.1. The first-order chi connectivity index (χ1) is 11.6. The summed E-state index contributed by atoms with van der Waals surface area (Å²) >= 11 is 0. The van der Waals surface area contributed by atoms with Gasteiger partial charge in [0.1, 0.15) is 0 Å². The van der Waals surface area contributed by atoms with E-state index in [0.29, 0.717) is 17.8 Å². The molecule has 4 nitrogen and oxygen atoms in total. The molecule has 0 aromatic heterocycles. The number of nitrogens with one attached hydrogen (secondary N) is 1. The van der Waals surface area contributed by atoms with Crippen LogP contribution in [-0.4, -0.2) is 23.3 Å². The number of hydrogen-bond acceptors (Lipinski definition) is 2. The number of anilines is 1. The molecule has 1 aliphatic heterocycles. The van der Waals surface area contributed by atoms with Gasteiger partial charge >= 0.3 is 0 Å². The maximum atomic E-state index is 12.4. The van der Waals surface area contributed by atoms with Crippen LogP contribution in [0, 0.1) is 0 Å². The number of hydrogen-bond donors (Lipinski definition) is 1. The molecule has 122 valence electrons. The van der Waals surface area contributed by atoms with Crippen molar-refractivity contribution in [1.29, 1.82) is 0 Å². The summed E-state index contributed by atoms with van der Waals surface area (Å²) in [5.74, 6) is -0.202. The first kappa shape index (κ1) is 16.0. The molecule has 0 fully saturated rings. The van der Waals surface area contributed by atoms with Crippen molar-refractivity contribution >= 4 is 23.2 Å². The lowest BCUT2D eigenvalue weighted by Crippen LogP contribution is -2.27. The maximum Gasteiger partial charge on any atom is 0.258 e. The largest absolute Gasteiger partial charge is 0.326 e. The van der Waals surface area contributed by atoms with Gasteiger partial charge in [0.15, 0.2) is 0 Å². The van der Waals surface area contributed by atoms with Crippen LogP contribution in [0.15, 0.2) is 55.1 Å². The molecule has 0 bridgehead atoms. The van der Waals surface area contributed by atoms with Crippen LogP contribution in [0.25, 0.3) is 5.70 Å². The van der Waals surface area contributed by atoms with Gasteiger partial charge in [-0.1, -0.05) is 43.8 Å². The highest BCUT2D eigenvalue weighted by Crippen LogP contribution is 2.31. The van der Waals surface area contributed by atoms with Crippen molar-refractivity contribution in [1.82, 2.24) is 4.90 Å². The van der Waals surface area contributed by atoms with E-state index in [2.05, 4.69) is 18.8 Å². The van der Waals surface area contributed by atoms with Crippen molar-refractivity contribution in [3.63, 3.8) is 0 Å². The number of nitrogens with zero attached hydrogens (tertiary/aromatic N) is 1. The van der Waals surface area contributed by atoms with Crippen molar-refractivity contribution in [2.75, 3.05) is 11.9 Å². The average molecular weight is 320 g/mol.